The quantitative estimate of drug-likeness (QED) is 0.526. The van der Waals surface area contributed by atoms with E-state index in [0.29, 0.717) is 24.2 Å². The number of nitrogens with one attached hydrogen (secondary N) is 3. The first-order chi connectivity index (χ1) is 15.7. The van der Waals surface area contributed by atoms with Gasteiger partial charge < -0.3 is 20.4 Å². The van der Waals surface area contributed by atoms with Crippen molar-refractivity contribution >= 4 is 35.3 Å². The summed E-state index contributed by atoms with van der Waals surface area (Å²) < 4.78 is 0. The zero-order valence-electron chi connectivity index (χ0n) is 18.9. The normalized spacial score (nSPS) is 20.3. The topological polar surface area (TPSA) is 115 Å². The number of carbonyl (C=O) groups excluding carboxylic acids is 1. The molecule has 11 heteroatoms. The fourth-order valence-electron chi connectivity index (χ4n) is 4.31. The van der Waals surface area contributed by atoms with Gasteiger partial charge in [0.2, 0.25) is 17.2 Å². The molecule has 33 heavy (non-hydrogen) atoms. The number of hydrogen-bond donors (Lipinski definition) is 3. The Labute approximate surface area is 196 Å². The molecule has 2 amide bonds. The number of carbonyl (C=O) groups is 1. The van der Waals surface area contributed by atoms with Gasteiger partial charge in [0, 0.05) is 31.6 Å². The van der Waals surface area contributed by atoms with Crippen molar-refractivity contribution in [3.05, 3.63) is 52.4 Å². The maximum Gasteiger partial charge on any atom is 0.318 e. The smallest absolute Gasteiger partial charge is 0.318 e. The summed E-state index contributed by atoms with van der Waals surface area (Å²) >= 11 is 6.05. The standard InChI is InChI=1S/C22H26ClN9O/c1-22(2)16-14(17(30-29-16)25-19-26-18(23)27-20(28-19)31(3)4)11-32(22)21(33)24-15-10-13(15)12-8-6-5-7-9-12/h5-9,13,15H,10-11H2,1-4H3,(H,24,33)(H2,25,26,27,28,29,30)/t13-,15+/m0/s1. The number of nitrogens with zero attached hydrogens (tertiary/aromatic N) is 6. The van der Waals surface area contributed by atoms with E-state index in [4.69, 9.17) is 11.6 Å². The van der Waals surface area contributed by atoms with Crippen LogP contribution in [0, 0.1) is 0 Å². The number of rotatable bonds is 5. The number of hydrogen-bond acceptors (Lipinski definition) is 7. The zero-order valence-corrected chi connectivity index (χ0v) is 19.7. The molecule has 3 aromatic rings. The van der Waals surface area contributed by atoms with E-state index < -0.39 is 5.54 Å². The molecule has 1 aromatic carbocycles. The van der Waals surface area contributed by atoms with Gasteiger partial charge >= 0.3 is 6.03 Å². The predicted molar refractivity (Wildman–Crippen MR) is 126 cm³/mol. The third-order valence-electron chi connectivity index (χ3n) is 6.27. The van der Waals surface area contributed by atoms with Crippen molar-refractivity contribution in [3.8, 4) is 0 Å². The lowest BCUT2D eigenvalue weighted by molar-refractivity contribution is 0.142. The van der Waals surface area contributed by atoms with Crippen LogP contribution in [0.2, 0.25) is 5.28 Å². The van der Waals surface area contributed by atoms with E-state index in [-0.39, 0.29) is 23.3 Å². The number of H-pyrrole nitrogens is 1. The third kappa shape index (κ3) is 3.95. The van der Waals surface area contributed by atoms with Crippen molar-refractivity contribution in [2.75, 3.05) is 24.3 Å². The van der Waals surface area contributed by atoms with Gasteiger partial charge in [0.25, 0.3) is 0 Å². The van der Waals surface area contributed by atoms with Crippen LogP contribution in [-0.2, 0) is 12.1 Å². The van der Waals surface area contributed by atoms with Gasteiger partial charge in [0.05, 0.1) is 17.8 Å². The molecule has 0 saturated heterocycles. The van der Waals surface area contributed by atoms with Crippen molar-refractivity contribution in [3.63, 3.8) is 0 Å². The van der Waals surface area contributed by atoms with Crippen molar-refractivity contribution in [1.29, 1.82) is 0 Å². The van der Waals surface area contributed by atoms with Gasteiger partial charge in [-0.1, -0.05) is 30.3 Å². The van der Waals surface area contributed by atoms with Crippen LogP contribution in [0.4, 0.5) is 22.5 Å². The van der Waals surface area contributed by atoms with Crippen LogP contribution in [0.15, 0.2) is 30.3 Å². The fraction of sp³-hybridized carbons (Fsp3) is 0.409. The van der Waals surface area contributed by atoms with Crippen LogP contribution in [0.1, 0.15) is 43.0 Å². The molecule has 172 valence electrons. The zero-order chi connectivity index (χ0) is 23.3. The molecular formula is C22H26ClN9O. The van der Waals surface area contributed by atoms with Crippen LogP contribution in [0.25, 0.3) is 0 Å². The van der Waals surface area contributed by atoms with Gasteiger partial charge in [0.15, 0.2) is 5.82 Å². The van der Waals surface area contributed by atoms with Crippen LogP contribution >= 0.6 is 11.6 Å². The highest BCUT2D eigenvalue weighted by Crippen LogP contribution is 2.43. The van der Waals surface area contributed by atoms with Crippen molar-refractivity contribution in [1.82, 2.24) is 35.4 Å². The summed E-state index contributed by atoms with van der Waals surface area (Å²) in [7, 11) is 3.64. The largest absolute Gasteiger partial charge is 0.347 e. The molecule has 2 atom stereocenters. The Bertz CT molecular complexity index is 1190. The van der Waals surface area contributed by atoms with E-state index in [9.17, 15) is 4.79 Å². The molecular weight excluding hydrogens is 442 g/mol. The summed E-state index contributed by atoms with van der Waals surface area (Å²) in [6.07, 6.45) is 0.956. The minimum absolute atomic E-state index is 0.0853. The number of amides is 2. The van der Waals surface area contributed by atoms with Crippen LogP contribution < -0.4 is 15.5 Å². The Balaban J connectivity index is 1.31. The SMILES string of the molecule is CN(C)c1nc(Cl)nc(Nc2n[nH]c3c2CN(C(=O)N[C@@H]2C[C@H]2c2ccccc2)C3(C)C)n1. The minimum atomic E-state index is -0.547. The molecule has 1 saturated carbocycles. The Kier molecular flexibility index (Phi) is 5.12. The van der Waals surface area contributed by atoms with Gasteiger partial charge in [-0.2, -0.15) is 20.1 Å². The lowest BCUT2D eigenvalue weighted by Crippen LogP contribution is -2.47. The summed E-state index contributed by atoms with van der Waals surface area (Å²) in [4.78, 5) is 29.4. The molecule has 1 fully saturated rings. The molecule has 5 rings (SSSR count). The summed E-state index contributed by atoms with van der Waals surface area (Å²) in [5, 5.41) is 13.9. The average Bonchev–Trinajstić information content (AvgIpc) is 3.32. The number of benzene rings is 1. The number of aromatic nitrogens is 5. The van der Waals surface area contributed by atoms with Gasteiger partial charge in [-0.05, 0) is 37.4 Å². The second-order valence-electron chi connectivity index (χ2n) is 9.13. The first-order valence-electron chi connectivity index (χ1n) is 10.8. The van der Waals surface area contributed by atoms with Crippen LogP contribution in [-0.4, -0.2) is 56.2 Å². The molecule has 3 heterocycles. The number of urea groups is 1. The Hall–Kier alpha value is -3.40. The Morgan fingerprint density at radius 3 is 2.70 bits per heavy atom. The summed E-state index contributed by atoms with van der Waals surface area (Å²) in [5.41, 5.74) is 2.49. The van der Waals surface area contributed by atoms with Gasteiger partial charge in [-0.15, -0.1) is 0 Å². The van der Waals surface area contributed by atoms with Gasteiger partial charge in [0.1, 0.15) is 0 Å². The van der Waals surface area contributed by atoms with E-state index in [1.54, 1.807) is 4.90 Å². The monoisotopic (exact) mass is 467 g/mol. The Morgan fingerprint density at radius 1 is 1.21 bits per heavy atom. The van der Waals surface area contributed by atoms with Crippen molar-refractivity contribution in [2.45, 2.75) is 44.3 Å². The molecule has 2 aromatic heterocycles. The second-order valence-corrected chi connectivity index (χ2v) is 9.47. The van der Waals surface area contributed by atoms with E-state index in [2.05, 4.69) is 47.9 Å². The van der Waals surface area contributed by atoms with Gasteiger partial charge in [-0.3, -0.25) is 5.10 Å². The van der Waals surface area contributed by atoms with Crippen LogP contribution in [0.5, 0.6) is 0 Å². The second kappa shape index (κ2) is 7.87. The predicted octanol–water partition coefficient (Wildman–Crippen LogP) is 3.37. The van der Waals surface area contributed by atoms with Crippen LogP contribution in [0.3, 0.4) is 0 Å². The Morgan fingerprint density at radius 2 is 1.97 bits per heavy atom. The van der Waals surface area contributed by atoms with E-state index in [1.807, 2.05) is 51.0 Å². The molecule has 0 spiro atoms. The molecule has 10 nitrogen and oxygen atoms in total. The lowest BCUT2D eigenvalue weighted by atomic mass is 10.0. The fourth-order valence-corrected chi connectivity index (χ4v) is 4.46. The minimum Gasteiger partial charge on any atom is -0.347 e. The molecule has 2 aliphatic rings. The average molecular weight is 468 g/mol. The summed E-state index contributed by atoms with van der Waals surface area (Å²) in [6, 6.07) is 10.4. The highest BCUT2D eigenvalue weighted by molar-refractivity contribution is 6.28. The van der Waals surface area contributed by atoms with Gasteiger partial charge in [-0.25, -0.2) is 4.79 Å². The highest BCUT2D eigenvalue weighted by atomic mass is 35.5. The van der Waals surface area contributed by atoms with E-state index >= 15 is 0 Å². The molecule has 1 aliphatic carbocycles. The number of halogens is 1. The molecule has 0 radical (unpaired) electrons. The molecule has 0 unspecified atom stereocenters. The lowest BCUT2D eigenvalue weighted by Gasteiger charge is -2.32. The highest BCUT2D eigenvalue weighted by Gasteiger charge is 2.46. The number of fused-ring (bicyclic) bond motifs is 1. The first-order valence-corrected chi connectivity index (χ1v) is 11.2. The van der Waals surface area contributed by atoms with E-state index in [1.165, 1.54) is 5.56 Å². The first kappa shape index (κ1) is 21.4. The van der Waals surface area contributed by atoms with Crippen molar-refractivity contribution in [2.24, 2.45) is 0 Å². The third-order valence-corrected chi connectivity index (χ3v) is 6.44. The summed E-state index contributed by atoms with van der Waals surface area (Å²) in [5.74, 6) is 1.66. The van der Waals surface area contributed by atoms with Crippen molar-refractivity contribution < 1.29 is 4.79 Å². The maximum atomic E-state index is 13.2. The summed E-state index contributed by atoms with van der Waals surface area (Å²) in [6.45, 7) is 4.42. The molecule has 3 N–H and O–H groups in total. The van der Waals surface area contributed by atoms with E-state index in [0.717, 1.165) is 17.7 Å². The number of anilines is 3. The molecule has 1 aliphatic heterocycles. The molecule has 0 bridgehead atoms. The number of aromatic amines is 1. The maximum absolute atomic E-state index is 13.2.